The average molecular weight is 487 g/mol. The van der Waals surface area contributed by atoms with Crippen LogP contribution in [0.5, 0.6) is 0 Å². The first kappa shape index (κ1) is 33.7. The molecule has 0 aliphatic rings. The molecule has 0 amide bonds. The van der Waals surface area contributed by atoms with Gasteiger partial charge in [-0.15, -0.1) is 0 Å². The van der Waals surface area contributed by atoms with Crippen molar-refractivity contribution in [3.63, 3.8) is 0 Å². The Hall–Kier alpha value is -0.320. The minimum absolute atomic E-state index is 0.700. The van der Waals surface area contributed by atoms with E-state index in [1.165, 1.54) is 90.5 Å². The lowest BCUT2D eigenvalue weighted by Gasteiger charge is -2.27. The van der Waals surface area contributed by atoms with Crippen LogP contribution in [-0.4, -0.2) is 106 Å². The molecule has 0 heterocycles. The molecule has 206 valence electrons. The van der Waals surface area contributed by atoms with E-state index in [9.17, 15) is 0 Å². The van der Waals surface area contributed by atoms with Gasteiger partial charge in [0.25, 0.3) is 0 Å². The number of rotatable bonds is 28. The van der Waals surface area contributed by atoms with Crippen LogP contribution < -0.4 is 28.7 Å². The van der Waals surface area contributed by atoms with E-state index in [1.807, 2.05) is 0 Å². The summed E-state index contributed by atoms with van der Waals surface area (Å²) in [5, 5.41) is 0. The Morgan fingerprint density at radius 1 is 0.235 bits per heavy atom. The van der Waals surface area contributed by atoms with Crippen LogP contribution in [0.4, 0.5) is 0 Å². The molecule has 0 aromatic carbocycles. The van der Waals surface area contributed by atoms with E-state index in [0.29, 0.717) is 13.1 Å². The van der Waals surface area contributed by atoms with Gasteiger partial charge in [-0.2, -0.15) is 0 Å². The normalized spacial score (nSPS) is 12.0. The zero-order valence-electron chi connectivity index (χ0n) is 22.6. The molecule has 8 heteroatoms. The van der Waals surface area contributed by atoms with Crippen LogP contribution in [0.3, 0.4) is 0 Å². The van der Waals surface area contributed by atoms with Crippen molar-refractivity contribution in [2.45, 2.75) is 77.0 Å². The minimum atomic E-state index is 0.700. The summed E-state index contributed by atoms with van der Waals surface area (Å²) in [5.41, 5.74) is 28.6. The molecule has 8 nitrogen and oxygen atoms in total. The van der Waals surface area contributed by atoms with E-state index >= 15 is 0 Å². The van der Waals surface area contributed by atoms with Gasteiger partial charge in [0.2, 0.25) is 0 Å². The van der Waals surface area contributed by atoms with Crippen molar-refractivity contribution in [3.05, 3.63) is 0 Å². The average Bonchev–Trinajstić information content (AvgIpc) is 2.84. The standard InChI is InChI=1S/C26H62N8/c27-13-5-1-8-18-32(19-9-2-6-14-28)20-11-4-12-22-33(21-10-3-7-15-29)25-26-34(23-16-30)24-17-31/h1-31H2. The molecule has 0 aliphatic carbocycles. The summed E-state index contributed by atoms with van der Waals surface area (Å²) in [4.78, 5) is 7.73. The molecule has 0 atom stereocenters. The van der Waals surface area contributed by atoms with Gasteiger partial charge in [-0.25, -0.2) is 0 Å². The van der Waals surface area contributed by atoms with Crippen molar-refractivity contribution in [1.82, 2.24) is 14.7 Å². The molecule has 0 spiro atoms. The highest BCUT2D eigenvalue weighted by Crippen LogP contribution is 2.07. The van der Waals surface area contributed by atoms with Crippen molar-refractivity contribution < 1.29 is 0 Å². The number of nitrogens with zero attached hydrogens (tertiary/aromatic N) is 3. The molecule has 0 unspecified atom stereocenters. The second-order valence-corrected chi connectivity index (χ2v) is 9.71. The maximum absolute atomic E-state index is 5.79. The molecule has 0 saturated heterocycles. The van der Waals surface area contributed by atoms with Crippen molar-refractivity contribution >= 4 is 0 Å². The van der Waals surface area contributed by atoms with Crippen molar-refractivity contribution in [1.29, 1.82) is 0 Å². The predicted octanol–water partition coefficient (Wildman–Crippen LogP) is 1.37. The number of hydrogen-bond donors (Lipinski definition) is 5. The Bertz CT molecular complexity index is 368. The summed E-state index contributed by atoms with van der Waals surface area (Å²) in [5.74, 6) is 0. The molecule has 0 bridgehead atoms. The summed E-state index contributed by atoms with van der Waals surface area (Å²) >= 11 is 0. The zero-order chi connectivity index (χ0) is 25.1. The summed E-state index contributed by atoms with van der Waals surface area (Å²) in [7, 11) is 0. The molecule has 10 N–H and O–H groups in total. The third kappa shape index (κ3) is 22.2. The van der Waals surface area contributed by atoms with Crippen LogP contribution in [0.25, 0.3) is 0 Å². The lowest BCUT2D eigenvalue weighted by Crippen LogP contribution is -2.40. The highest BCUT2D eigenvalue weighted by Gasteiger charge is 2.10. The second kappa shape index (κ2) is 27.3. The van der Waals surface area contributed by atoms with Crippen LogP contribution in [-0.2, 0) is 0 Å². The van der Waals surface area contributed by atoms with Crippen molar-refractivity contribution in [2.75, 3.05) is 91.6 Å². The molecular formula is C26H62N8. The first-order valence-electron chi connectivity index (χ1n) is 14.4. The third-order valence-corrected chi connectivity index (χ3v) is 6.61. The number of hydrogen-bond acceptors (Lipinski definition) is 8. The molecule has 0 rings (SSSR count). The summed E-state index contributed by atoms with van der Waals surface area (Å²) in [6.45, 7) is 13.9. The Kier molecular flexibility index (Phi) is 27.0. The molecular weight excluding hydrogens is 424 g/mol. The van der Waals surface area contributed by atoms with Crippen LogP contribution in [0.15, 0.2) is 0 Å². The van der Waals surface area contributed by atoms with E-state index < -0.39 is 0 Å². The maximum Gasteiger partial charge on any atom is 0.0110 e. The zero-order valence-corrected chi connectivity index (χ0v) is 22.6. The van der Waals surface area contributed by atoms with E-state index in [1.54, 1.807) is 0 Å². The van der Waals surface area contributed by atoms with Crippen LogP contribution in [0, 0.1) is 0 Å². The molecule has 0 saturated carbocycles. The highest BCUT2D eigenvalue weighted by atomic mass is 15.2. The third-order valence-electron chi connectivity index (χ3n) is 6.61. The first-order valence-corrected chi connectivity index (χ1v) is 14.4. The monoisotopic (exact) mass is 487 g/mol. The lowest BCUT2D eigenvalue weighted by molar-refractivity contribution is 0.201. The van der Waals surface area contributed by atoms with Gasteiger partial charge in [-0.1, -0.05) is 25.7 Å². The quantitative estimate of drug-likeness (QED) is 0.104. The fourth-order valence-corrected chi connectivity index (χ4v) is 4.47. The molecule has 0 aromatic rings. The van der Waals surface area contributed by atoms with E-state index in [0.717, 1.165) is 65.1 Å². The van der Waals surface area contributed by atoms with Gasteiger partial charge in [-0.05, 0) is 104 Å². The number of nitrogens with two attached hydrogens (primary N) is 5. The van der Waals surface area contributed by atoms with Gasteiger partial charge in [0.05, 0.1) is 0 Å². The number of unbranched alkanes of at least 4 members (excludes halogenated alkanes) is 8. The SMILES string of the molecule is NCCCCCN(CCCCCN)CCCCCN(CCCCCN)CCN(CCN)CCN. The summed E-state index contributed by atoms with van der Waals surface area (Å²) in [6, 6.07) is 0. The van der Waals surface area contributed by atoms with E-state index in [2.05, 4.69) is 14.7 Å². The topological polar surface area (TPSA) is 140 Å². The first-order chi connectivity index (χ1) is 16.7. The smallest absolute Gasteiger partial charge is 0.0110 e. The fourth-order valence-electron chi connectivity index (χ4n) is 4.47. The van der Waals surface area contributed by atoms with Crippen LogP contribution in [0.2, 0.25) is 0 Å². The van der Waals surface area contributed by atoms with Gasteiger partial charge < -0.3 is 38.5 Å². The molecule has 0 radical (unpaired) electrons. The minimum Gasteiger partial charge on any atom is -0.330 e. The van der Waals surface area contributed by atoms with Crippen LogP contribution >= 0.6 is 0 Å². The molecule has 0 fully saturated rings. The van der Waals surface area contributed by atoms with Gasteiger partial charge >= 0.3 is 0 Å². The second-order valence-electron chi connectivity index (χ2n) is 9.71. The fraction of sp³-hybridized carbons (Fsp3) is 1.00. The van der Waals surface area contributed by atoms with Gasteiger partial charge in [0.15, 0.2) is 0 Å². The van der Waals surface area contributed by atoms with Gasteiger partial charge in [-0.3, -0.25) is 4.90 Å². The van der Waals surface area contributed by atoms with Crippen LogP contribution in [0.1, 0.15) is 77.0 Å². The van der Waals surface area contributed by atoms with Crippen molar-refractivity contribution in [2.24, 2.45) is 28.7 Å². The van der Waals surface area contributed by atoms with Gasteiger partial charge in [0, 0.05) is 39.3 Å². The predicted molar refractivity (Wildman–Crippen MR) is 150 cm³/mol. The Morgan fingerprint density at radius 2 is 0.500 bits per heavy atom. The van der Waals surface area contributed by atoms with Gasteiger partial charge in [0.1, 0.15) is 0 Å². The Labute approximate surface area is 212 Å². The van der Waals surface area contributed by atoms with E-state index in [-0.39, 0.29) is 0 Å². The Balaban J connectivity index is 4.35. The summed E-state index contributed by atoms with van der Waals surface area (Å²) < 4.78 is 0. The maximum atomic E-state index is 5.79. The largest absolute Gasteiger partial charge is 0.330 e. The van der Waals surface area contributed by atoms with Crippen molar-refractivity contribution in [3.8, 4) is 0 Å². The van der Waals surface area contributed by atoms with E-state index in [4.69, 9.17) is 28.7 Å². The summed E-state index contributed by atoms with van der Waals surface area (Å²) in [6.07, 6.45) is 14.8. The molecule has 34 heavy (non-hydrogen) atoms. The molecule has 0 aliphatic heterocycles. The molecule has 0 aromatic heterocycles. The lowest BCUT2D eigenvalue weighted by atomic mass is 10.1. The highest BCUT2D eigenvalue weighted by molar-refractivity contribution is 4.66. The Morgan fingerprint density at radius 3 is 0.794 bits per heavy atom.